The summed E-state index contributed by atoms with van der Waals surface area (Å²) >= 11 is 0. The average molecular weight is 279 g/mol. The van der Waals surface area contributed by atoms with E-state index in [1.54, 1.807) is 13.0 Å². The third kappa shape index (κ3) is 2.55. The monoisotopic (exact) mass is 279 g/mol. The smallest absolute Gasteiger partial charge is 0.255 e. The van der Waals surface area contributed by atoms with E-state index >= 15 is 0 Å². The predicted octanol–water partition coefficient (Wildman–Crippen LogP) is 4.23. The van der Waals surface area contributed by atoms with Crippen LogP contribution in [0.3, 0.4) is 0 Å². The molecule has 3 heteroatoms. The van der Waals surface area contributed by atoms with Crippen molar-refractivity contribution in [2.24, 2.45) is 0 Å². The largest absolute Gasteiger partial charge is 0.469 e. The van der Waals surface area contributed by atoms with Crippen molar-refractivity contribution >= 4 is 16.7 Å². The molecular weight excluding hydrogens is 262 g/mol. The molecule has 1 N–H and O–H groups in total. The maximum Gasteiger partial charge on any atom is 0.255 e. The molecule has 0 aliphatic heterocycles. The molecule has 1 unspecified atom stereocenters. The second-order valence-electron chi connectivity index (χ2n) is 5.15. The Labute approximate surface area is 123 Å². The zero-order chi connectivity index (χ0) is 14.8. The van der Waals surface area contributed by atoms with Crippen molar-refractivity contribution < 1.29 is 9.21 Å². The minimum atomic E-state index is -0.110. The summed E-state index contributed by atoms with van der Waals surface area (Å²) < 4.78 is 5.18. The van der Waals surface area contributed by atoms with Gasteiger partial charge < -0.3 is 9.73 Å². The Kier molecular flexibility index (Phi) is 3.48. The van der Waals surface area contributed by atoms with Crippen molar-refractivity contribution in [1.29, 1.82) is 0 Å². The first kappa shape index (κ1) is 13.4. The van der Waals surface area contributed by atoms with Crippen molar-refractivity contribution in [3.8, 4) is 0 Å². The van der Waals surface area contributed by atoms with E-state index in [1.165, 1.54) is 11.6 Å². The number of furan rings is 1. The molecule has 1 heterocycles. The summed E-state index contributed by atoms with van der Waals surface area (Å²) in [4.78, 5) is 12.3. The highest BCUT2D eigenvalue weighted by molar-refractivity contribution is 5.95. The molecule has 3 aromatic rings. The Morgan fingerprint density at radius 2 is 1.86 bits per heavy atom. The fourth-order valence-corrected chi connectivity index (χ4v) is 2.60. The summed E-state index contributed by atoms with van der Waals surface area (Å²) in [5.74, 6) is 0.527. The van der Waals surface area contributed by atoms with Crippen LogP contribution in [0.2, 0.25) is 0 Å². The van der Waals surface area contributed by atoms with Gasteiger partial charge in [0, 0.05) is 0 Å². The Bertz CT molecular complexity index is 783. The van der Waals surface area contributed by atoms with E-state index in [1.807, 2.05) is 25.1 Å². The number of fused-ring (bicyclic) bond motifs is 1. The SMILES string of the molecule is Cc1occc1C(=O)NC(C)c1cccc2ccccc12. The second-order valence-corrected chi connectivity index (χ2v) is 5.15. The third-order valence-electron chi connectivity index (χ3n) is 3.74. The van der Waals surface area contributed by atoms with Gasteiger partial charge in [-0.3, -0.25) is 4.79 Å². The molecule has 0 fully saturated rings. The maximum atomic E-state index is 12.3. The fourth-order valence-electron chi connectivity index (χ4n) is 2.60. The first-order valence-electron chi connectivity index (χ1n) is 6.99. The number of amides is 1. The molecule has 21 heavy (non-hydrogen) atoms. The van der Waals surface area contributed by atoms with Crippen LogP contribution in [0.5, 0.6) is 0 Å². The van der Waals surface area contributed by atoms with Gasteiger partial charge in [-0.25, -0.2) is 0 Å². The summed E-state index contributed by atoms with van der Waals surface area (Å²) in [6.45, 7) is 3.78. The number of carbonyl (C=O) groups is 1. The highest BCUT2D eigenvalue weighted by Gasteiger charge is 2.16. The van der Waals surface area contributed by atoms with Crippen molar-refractivity contribution in [3.63, 3.8) is 0 Å². The molecule has 0 aliphatic carbocycles. The van der Waals surface area contributed by atoms with Gasteiger partial charge in [0.05, 0.1) is 17.9 Å². The number of carbonyl (C=O) groups excluding carboxylic acids is 1. The Hall–Kier alpha value is -2.55. The van der Waals surface area contributed by atoms with Crippen molar-refractivity contribution in [2.45, 2.75) is 19.9 Å². The van der Waals surface area contributed by atoms with Crippen molar-refractivity contribution in [3.05, 3.63) is 71.7 Å². The van der Waals surface area contributed by atoms with Crippen LogP contribution >= 0.6 is 0 Å². The molecule has 0 saturated carbocycles. The van der Waals surface area contributed by atoms with E-state index in [-0.39, 0.29) is 11.9 Å². The molecule has 0 bridgehead atoms. The summed E-state index contributed by atoms with van der Waals surface area (Å²) in [6.07, 6.45) is 1.53. The maximum absolute atomic E-state index is 12.3. The van der Waals surface area contributed by atoms with Crippen LogP contribution in [0.4, 0.5) is 0 Å². The number of hydrogen-bond acceptors (Lipinski definition) is 2. The van der Waals surface area contributed by atoms with E-state index < -0.39 is 0 Å². The minimum Gasteiger partial charge on any atom is -0.469 e. The quantitative estimate of drug-likeness (QED) is 0.779. The van der Waals surface area contributed by atoms with Gasteiger partial charge in [-0.05, 0) is 36.2 Å². The standard InChI is InChI=1S/C18H17NO2/c1-12(19-18(20)16-10-11-21-13(16)2)15-9-5-7-14-6-3-4-8-17(14)15/h3-12H,1-2H3,(H,19,20). The van der Waals surface area contributed by atoms with Crippen LogP contribution in [-0.2, 0) is 0 Å². The molecule has 106 valence electrons. The van der Waals surface area contributed by atoms with E-state index in [2.05, 4.69) is 29.6 Å². The van der Waals surface area contributed by atoms with Gasteiger partial charge >= 0.3 is 0 Å². The van der Waals surface area contributed by atoms with E-state index in [0.717, 1.165) is 10.9 Å². The highest BCUT2D eigenvalue weighted by atomic mass is 16.3. The van der Waals surface area contributed by atoms with Gasteiger partial charge in [0.2, 0.25) is 0 Å². The van der Waals surface area contributed by atoms with Gasteiger partial charge in [0.25, 0.3) is 5.91 Å². The molecule has 0 spiro atoms. The van der Waals surface area contributed by atoms with Gasteiger partial charge in [-0.2, -0.15) is 0 Å². The summed E-state index contributed by atoms with van der Waals surface area (Å²) in [5.41, 5.74) is 1.70. The molecule has 1 amide bonds. The first-order chi connectivity index (χ1) is 10.2. The molecule has 3 nitrogen and oxygen atoms in total. The van der Waals surface area contributed by atoms with Crippen LogP contribution < -0.4 is 5.32 Å². The molecule has 0 aliphatic rings. The molecule has 0 saturated heterocycles. The van der Waals surface area contributed by atoms with Gasteiger partial charge in [0.15, 0.2) is 0 Å². The van der Waals surface area contributed by atoms with Gasteiger partial charge in [0.1, 0.15) is 5.76 Å². The van der Waals surface area contributed by atoms with Crippen molar-refractivity contribution in [1.82, 2.24) is 5.32 Å². The predicted molar refractivity (Wildman–Crippen MR) is 83.3 cm³/mol. The minimum absolute atomic E-state index is 0.0714. The van der Waals surface area contributed by atoms with E-state index in [0.29, 0.717) is 11.3 Å². The zero-order valence-corrected chi connectivity index (χ0v) is 12.1. The molecule has 3 rings (SSSR count). The lowest BCUT2D eigenvalue weighted by Crippen LogP contribution is -2.26. The number of aryl methyl sites for hydroxylation is 1. The van der Waals surface area contributed by atoms with Crippen LogP contribution in [0.1, 0.15) is 34.6 Å². The van der Waals surface area contributed by atoms with E-state index in [4.69, 9.17) is 4.42 Å². The summed E-state index contributed by atoms with van der Waals surface area (Å²) in [5, 5.41) is 5.37. The molecule has 2 aromatic carbocycles. The number of nitrogens with one attached hydrogen (secondary N) is 1. The topological polar surface area (TPSA) is 42.2 Å². The fraction of sp³-hybridized carbons (Fsp3) is 0.167. The van der Waals surface area contributed by atoms with Crippen LogP contribution in [0.15, 0.2) is 59.2 Å². The molecular formula is C18H17NO2. The molecule has 1 aromatic heterocycles. The first-order valence-corrected chi connectivity index (χ1v) is 6.99. The normalized spacial score (nSPS) is 12.3. The lowest BCUT2D eigenvalue weighted by molar-refractivity contribution is 0.0938. The Balaban J connectivity index is 1.89. The number of benzene rings is 2. The summed E-state index contributed by atoms with van der Waals surface area (Å²) in [6, 6.07) is 16.0. The lowest BCUT2D eigenvalue weighted by atomic mass is 9.99. The van der Waals surface area contributed by atoms with E-state index in [9.17, 15) is 4.79 Å². The zero-order valence-electron chi connectivity index (χ0n) is 12.1. The van der Waals surface area contributed by atoms with Gasteiger partial charge in [-0.15, -0.1) is 0 Å². The Morgan fingerprint density at radius 3 is 2.62 bits per heavy atom. The number of rotatable bonds is 3. The third-order valence-corrected chi connectivity index (χ3v) is 3.74. The number of hydrogen-bond donors (Lipinski definition) is 1. The average Bonchev–Trinajstić information content (AvgIpc) is 2.92. The van der Waals surface area contributed by atoms with Crippen LogP contribution in [0.25, 0.3) is 10.8 Å². The molecule has 1 atom stereocenters. The molecule has 0 radical (unpaired) electrons. The Morgan fingerprint density at radius 1 is 1.10 bits per heavy atom. The van der Waals surface area contributed by atoms with Gasteiger partial charge in [-0.1, -0.05) is 42.5 Å². The van der Waals surface area contributed by atoms with Crippen LogP contribution in [0, 0.1) is 6.92 Å². The van der Waals surface area contributed by atoms with Crippen molar-refractivity contribution in [2.75, 3.05) is 0 Å². The summed E-state index contributed by atoms with van der Waals surface area (Å²) in [7, 11) is 0. The second kappa shape index (κ2) is 5.44. The lowest BCUT2D eigenvalue weighted by Gasteiger charge is -2.16. The highest BCUT2D eigenvalue weighted by Crippen LogP contribution is 2.24. The van der Waals surface area contributed by atoms with Crippen LogP contribution in [-0.4, -0.2) is 5.91 Å².